The Hall–Kier alpha value is -1.65. The van der Waals surface area contributed by atoms with E-state index in [-0.39, 0.29) is 0 Å². The standard InChI is InChI=1S/C12H17F2N3/c1-2-6-16-12(15)17-7-5-9-8-10(13)3-4-11(9)14/h3-4,8H,2,5-7H2,1H3,(H3,15,16,17). The third-order valence-corrected chi connectivity index (χ3v) is 2.21. The van der Waals surface area contributed by atoms with E-state index in [1.54, 1.807) is 0 Å². The number of benzene rings is 1. The summed E-state index contributed by atoms with van der Waals surface area (Å²) >= 11 is 0. The molecule has 0 saturated heterocycles. The molecule has 0 spiro atoms. The van der Waals surface area contributed by atoms with Crippen molar-refractivity contribution in [3.05, 3.63) is 35.4 Å². The van der Waals surface area contributed by atoms with E-state index in [1.807, 2.05) is 6.92 Å². The van der Waals surface area contributed by atoms with Gasteiger partial charge in [0.2, 0.25) is 0 Å². The summed E-state index contributed by atoms with van der Waals surface area (Å²) in [5.74, 6) is -0.505. The summed E-state index contributed by atoms with van der Waals surface area (Å²) in [6.45, 7) is 3.09. The van der Waals surface area contributed by atoms with Gasteiger partial charge in [0.1, 0.15) is 11.6 Å². The molecule has 0 unspecified atom stereocenters. The van der Waals surface area contributed by atoms with Gasteiger partial charge in [-0.25, -0.2) is 8.78 Å². The van der Waals surface area contributed by atoms with E-state index in [1.165, 1.54) is 6.07 Å². The quantitative estimate of drug-likeness (QED) is 0.610. The topological polar surface area (TPSA) is 50.4 Å². The summed E-state index contributed by atoms with van der Waals surface area (Å²) in [6.07, 6.45) is 1.28. The lowest BCUT2D eigenvalue weighted by atomic mass is 10.1. The Kier molecular flexibility index (Phi) is 5.39. The molecule has 5 heteroatoms. The van der Waals surface area contributed by atoms with Gasteiger partial charge in [-0.1, -0.05) is 6.92 Å². The van der Waals surface area contributed by atoms with Crippen molar-refractivity contribution in [2.45, 2.75) is 19.8 Å². The molecule has 0 aliphatic rings. The first-order chi connectivity index (χ1) is 8.13. The molecule has 0 radical (unpaired) electrons. The maximum absolute atomic E-state index is 13.2. The molecule has 0 saturated carbocycles. The zero-order valence-corrected chi connectivity index (χ0v) is 9.84. The summed E-state index contributed by atoms with van der Waals surface area (Å²) < 4.78 is 26.1. The lowest BCUT2D eigenvalue weighted by Gasteiger charge is -2.06. The van der Waals surface area contributed by atoms with E-state index in [2.05, 4.69) is 10.3 Å². The predicted octanol–water partition coefficient (Wildman–Crippen LogP) is 1.82. The second kappa shape index (κ2) is 6.83. The van der Waals surface area contributed by atoms with Crippen LogP contribution in [0.5, 0.6) is 0 Å². The largest absolute Gasteiger partial charge is 0.370 e. The van der Waals surface area contributed by atoms with Gasteiger partial charge in [0.05, 0.1) is 0 Å². The molecule has 0 bridgehead atoms. The Morgan fingerprint density at radius 3 is 2.88 bits per heavy atom. The Morgan fingerprint density at radius 2 is 2.18 bits per heavy atom. The number of nitrogens with one attached hydrogen (secondary N) is 1. The zero-order chi connectivity index (χ0) is 12.7. The number of hydrogen-bond acceptors (Lipinski definition) is 1. The van der Waals surface area contributed by atoms with E-state index in [0.29, 0.717) is 31.0 Å². The first-order valence-corrected chi connectivity index (χ1v) is 5.61. The fourth-order valence-corrected chi connectivity index (χ4v) is 1.35. The molecule has 1 aromatic rings. The normalized spacial score (nSPS) is 11.6. The van der Waals surface area contributed by atoms with Crippen LogP contribution in [0.4, 0.5) is 8.78 Å². The van der Waals surface area contributed by atoms with Gasteiger partial charge in [-0.15, -0.1) is 0 Å². The summed E-state index contributed by atoms with van der Waals surface area (Å²) in [7, 11) is 0. The Labute approximate surface area is 99.7 Å². The second-order valence-electron chi connectivity index (χ2n) is 3.68. The van der Waals surface area contributed by atoms with Crippen molar-refractivity contribution in [2.24, 2.45) is 10.7 Å². The molecule has 3 nitrogen and oxygen atoms in total. The Balaban J connectivity index is 2.43. The van der Waals surface area contributed by atoms with Crippen molar-refractivity contribution in [1.29, 1.82) is 0 Å². The Bertz CT molecular complexity index is 391. The van der Waals surface area contributed by atoms with Crippen LogP contribution in [0.3, 0.4) is 0 Å². The molecule has 0 fully saturated rings. The number of hydrogen-bond donors (Lipinski definition) is 2. The average molecular weight is 241 g/mol. The van der Waals surface area contributed by atoms with Crippen LogP contribution in [0.1, 0.15) is 18.9 Å². The SMILES string of the molecule is CCCN=C(N)NCCc1cc(F)ccc1F. The first kappa shape index (κ1) is 13.4. The highest BCUT2D eigenvalue weighted by Crippen LogP contribution is 2.09. The molecular weight excluding hydrogens is 224 g/mol. The number of halogens is 2. The van der Waals surface area contributed by atoms with E-state index in [0.717, 1.165) is 18.6 Å². The average Bonchev–Trinajstić information content (AvgIpc) is 2.31. The summed E-state index contributed by atoms with van der Waals surface area (Å²) in [5, 5.41) is 2.85. The Morgan fingerprint density at radius 1 is 1.41 bits per heavy atom. The fourth-order valence-electron chi connectivity index (χ4n) is 1.35. The summed E-state index contributed by atoms with van der Waals surface area (Å²) in [4.78, 5) is 4.03. The number of aliphatic imine (C=N–C) groups is 1. The van der Waals surface area contributed by atoms with Crippen molar-refractivity contribution in [1.82, 2.24) is 5.32 Å². The van der Waals surface area contributed by atoms with Crippen LogP contribution in [0.2, 0.25) is 0 Å². The van der Waals surface area contributed by atoms with Crippen LogP contribution in [-0.4, -0.2) is 19.0 Å². The minimum Gasteiger partial charge on any atom is -0.370 e. The lowest BCUT2D eigenvalue weighted by molar-refractivity contribution is 0.583. The van der Waals surface area contributed by atoms with Gasteiger partial charge in [0.15, 0.2) is 5.96 Å². The maximum atomic E-state index is 13.2. The smallest absolute Gasteiger partial charge is 0.188 e. The number of nitrogens with zero attached hydrogens (tertiary/aromatic N) is 1. The molecule has 94 valence electrons. The van der Waals surface area contributed by atoms with Crippen molar-refractivity contribution in [3.8, 4) is 0 Å². The van der Waals surface area contributed by atoms with Crippen LogP contribution in [0.25, 0.3) is 0 Å². The third kappa shape index (κ3) is 4.80. The summed E-state index contributed by atoms with van der Waals surface area (Å²) in [5.41, 5.74) is 5.90. The van der Waals surface area contributed by atoms with Crippen molar-refractivity contribution < 1.29 is 8.78 Å². The van der Waals surface area contributed by atoms with Crippen LogP contribution < -0.4 is 11.1 Å². The number of nitrogens with two attached hydrogens (primary N) is 1. The van der Waals surface area contributed by atoms with Gasteiger partial charge in [-0.2, -0.15) is 0 Å². The van der Waals surface area contributed by atoms with Gasteiger partial charge in [0, 0.05) is 13.1 Å². The van der Waals surface area contributed by atoms with Crippen molar-refractivity contribution in [2.75, 3.05) is 13.1 Å². The molecule has 0 heterocycles. The zero-order valence-electron chi connectivity index (χ0n) is 9.84. The van der Waals surface area contributed by atoms with Gasteiger partial charge < -0.3 is 11.1 Å². The molecule has 0 amide bonds. The maximum Gasteiger partial charge on any atom is 0.188 e. The van der Waals surface area contributed by atoms with Gasteiger partial charge >= 0.3 is 0 Å². The highest BCUT2D eigenvalue weighted by molar-refractivity contribution is 5.77. The minimum absolute atomic E-state index is 0.334. The molecule has 0 atom stereocenters. The molecule has 0 aliphatic carbocycles. The monoisotopic (exact) mass is 241 g/mol. The van der Waals surface area contributed by atoms with Crippen molar-refractivity contribution in [3.63, 3.8) is 0 Å². The molecule has 0 aromatic heterocycles. The highest BCUT2D eigenvalue weighted by atomic mass is 19.1. The summed E-state index contributed by atoms with van der Waals surface area (Å²) in [6, 6.07) is 3.42. The van der Waals surface area contributed by atoms with Crippen LogP contribution in [0, 0.1) is 11.6 Å². The molecule has 17 heavy (non-hydrogen) atoms. The molecular formula is C12H17F2N3. The number of rotatable bonds is 5. The lowest BCUT2D eigenvalue weighted by Crippen LogP contribution is -2.33. The first-order valence-electron chi connectivity index (χ1n) is 5.61. The third-order valence-electron chi connectivity index (χ3n) is 2.21. The van der Waals surface area contributed by atoms with Gasteiger partial charge in [0.25, 0.3) is 0 Å². The van der Waals surface area contributed by atoms with Crippen LogP contribution in [-0.2, 0) is 6.42 Å². The van der Waals surface area contributed by atoms with E-state index in [9.17, 15) is 8.78 Å². The van der Waals surface area contributed by atoms with Crippen LogP contribution in [0.15, 0.2) is 23.2 Å². The van der Waals surface area contributed by atoms with Gasteiger partial charge in [-0.3, -0.25) is 4.99 Å². The molecule has 1 rings (SSSR count). The minimum atomic E-state index is -0.436. The van der Waals surface area contributed by atoms with Crippen LogP contribution >= 0.6 is 0 Å². The number of guanidine groups is 1. The fraction of sp³-hybridized carbons (Fsp3) is 0.417. The van der Waals surface area contributed by atoms with Gasteiger partial charge in [-0.05, 0) is 36.6 Å². The van der Waals surface area contributed by atoms with E-state index >= 15 is 0 Å². The van der Waals surface area contributed by atoms with E-state index in [4.69, 9.17) is 5.73 Å². The molecule has 3 N–H and O–H groups in total. The second-order valence-corrected chi connectivity index (χ2v) is 3.68. The predicted molar refractivity (Wildman–Crippen MR) is 64.8 cm³/mol. The van der Waals surface area contributed by atoms with Crippen molar-refractivity contribution >= 4 is 5.96 Å². The van der Waals surface area contributed by atoms with E-state index < -0.39 is 11.6 Å². The highest BCUT2D eigenvalue weighted by Gasteiger charge is 2.03. The molecule has 1 aromatic carbocycles. The molecule has 0 aliphatic heterocycles.